The van der Waals surface area contributed by atoms with Gasteiger partial charge in [0.15, 0.2) is 5.84 Å². The highest BCUT2D eigenvalue weighted by atomic mass is 32.1. The van der Waals surface area contributed by atoms with Gasteiger partial charge in [-0.2, -0.15) is 0 Å². The van der Waals surface area contributed by atoms with Crippen LogP contribution in [0.15, 0.2) is 10.7 Å². The number of nitrogens with zero attached hydrogens (tertiary/aromatic N) is 5. The van der Waals surface area contributed by atoms with Crippen molar-refractivity contribution in [1.82, 2.24) is 15.1 Å². The Bertz CT molecular complexity index is 410. The van der Waals surface area contributed by atoms with Crippen molar-refractivity contribution in [1.29, 1.82) is 0 Å². The minimum atomic E-state index is -0.429. The number of piperazine rings is 1. The molecule has 0 atom stereocenters. The molecule has 1 saturated heterocycles. The second-order valence-corrected chi connectivity index (χ2v) is 5.55. The summed E-state index contributed by atoms with van der Waals surface area (Å²) < 4.78 is 0. The summed E-state index contributed by atoms with van der Waals surface area (Å²) in [5.41, 5.74) is 7.04. The first-order chi connectivity index (χ1) is 8.55. The molecule has 1 fully saturated rings. The van der Waals surface area contributed by atoms with Crippen LogP contribution in [0.3, 0.4) is 0 Å². The van der Waals surface area contributed by atoms with Gasteiger partial charge in [-0.15, -0.1) is 10.2 Å². The van der Waals surface area contributed by atoms with E-state index in [2.05, 4.69) is 25.2 Å². The molecule has 0 aromatic carbocycles. The standard InChI is InChI=1S/C10H18N6OS/c1-10(2,8(11)14-17)16-5-3-15(4-6-16)9-13-12-7-18-9/h7,17H,3-6H2,1-2H3,(H2,11,14). The van der Waals surface area contributed by atoms with Crippen molar-refractivity contribution in [2.45, 2.75) is 19.4 Å². The zero-order valence-corrected chi connectivity index (χ0v) is 11.4. The largest absolute Gasteiger partial charge is 0.409 e. The Morgan fingerprint density at radius 3 is 2.61 bits per heavy atom. The minimum absolute atomic E-state index is 0.242. The van der Waals surface area contributed by atoms with Gasteiger partial charge in [0.2, 0.25) is 5.13 Å². The van der Waals surface area contributed by atoms with E-state index >= 15 is 0 Å². The molecule has 0 aliphatic carbocycles. The Labute approximate surface area is 110 Å². The SMILES string of the molecule is CC(C)(C(N)=NO)N1CCN(c2nncs2)CC1. The first-order valence-electron chi connectivity index (χ1n) is 5.80. The van der Waals surface area contributed by atoms with Gasteiger partial charge in [0, 0.05) is 26.2 Å². The van der Waals surface area contributed by atoms with Gasteiger partial charge >= 0.3 is 0 Å². The van der Waals surface area contributed by atoms with E-state index in [1.165, 1.54) is 0 Å². The second kappa shape index (κ2) is 5.07. The average molecular weight is 270 g/mol. The maximum Gasteiger partial charge on any atom is 0.208 e. The first-order valence-corrected chi connectivity index (χ1v) is 6.68. The van der Waals surface area contributed by atoms with Gasteiger partial charge in [-0.25, -0.2) is 0 Å². The molecule has 1 aliphatic heterocycles. The van der Waals surface area contributed by atoms with Gasteiger partial charge in [0.05, 0.1) is 5.54 Å². The molecule has 0 saturated carbocycles. The lowest BCUT2D eigenvalue weighted by molar-refractivity contribution is 0.161. The summed E-state index contributed by atoms with van der Waals surface area (Å²) >= 11 is 1.55. The van der Waals surface area contributed by atoms with Crippen molar-refractivity contribution in [3.05, 3.63) is 5.51 Å². The topological polar surface area (TPSA) is 90.9 Å². The number of oxime groups is 1. The summed E-state index contributed by atoms with van der Waals surface area (Å²) in [5, 5.41) is 20.8. The van der Waals surface area contributed by atoms with Crippen LogP contribution < -0.4 is 10.6 Å². The Morgan fingerprint density at radius 2 is 2.11 bits per heavy atom. The van der Waals surface area contributed by atoms with Crippen LogP contribution in [0.2, 0.25) is 0 Å². The van der Waals surface area contributed by atoms with E-state index in [-0.39, 0.29) is 5.84 Å². The van der Waals surface area contributed by atoms with Crippen LogP contribution >= 0.6 is 11.3 Å². The van der Waals surface area contributed by atoms with E-state index in [4.69, 9.17) is 10.9 Å². The highest BCUT2D eigenvalue weighted by Gasteiger charge is 2.34. The van der Waals surface area contributed by atoms with Gasteiger partial charge < -0.3 is 15.8 Å². The van der Waals surface area contributed by atoms with Crippen LogP contribution in [-0.4, -0.2) is 57.9 Å². The lowest BCUT2D eigenvalue weighted by Crippen LogP contribution is -2.59. The molecule has 0 unspecified atom stereocenters. The van der Waals surface area contributed by atoms with Crippen LogP contribution in [0.25, 0.3) is 0 Å². The third-order valence-electron chi connectivity index (χ3n) is 3.42. The Balaban J connectivity index is 1.98. The highest BCUT2D eigenvalue weighted by Crippen LogP contribution is 2.21. The molecule has 1 aromatic rings. The number of aromatic nitrogens is 2. The van der Waals surface area contributed by atoms with Crippen molar-refractivity contribution in [3.8, 4) is 0 Å². The smallest absolute Gasteiger partial charge is 0.208 e. The molecule has 0 bridgehead atoms. The molecule has 7 nitrogen and oxygen atoms in total. The summed E-state index contributed by atoms with van der Waals surface area (Å²) in [6, 6.07) is 0. The van der Waals surface area contributed by atoms with E-state index < -0.39 is 5.54 Å². The summed E-state index contributed by atoms with van der Waals surface area (Å²) in [5.74, 6) is 0.242. The third-order valence-corrected chi connectivity index (χ3v) is 4.17. The molecular weight excluding hydrogens is 252 g/mol. The average Bonchev–Trinajstić information content (AvgIpc) is 2.91. The molecule has 1 aromatic heterocycles. The van der Waals surface area contributed by atoms with E-state index in [1.54, 1.807) is 16.8 Å². The second-order valence-electron chi connectivity index (χ2n) is 4.74. The Hall–Kier alpha value is -1.41. The van der Waals surface area contributed by atoms with Crippen LogP contribution in [-0.2, 0) is 0 Å². The van der Waals surface area contributed by atoms with Gasteiger partial charge in [0.1, 0.15) is 5.51 Å². The van der Waals surface area contributed by atoms with Gasteiger partial charge in [-0.1, -0.05) is 16.5 Å². The lowest BCUT2D eigenvalue weighted by Gasteiger charge is -2.43. The van der Waals surface area contributed by atoms with Crippen molar-refractivity contribution in [2.24, 2.45) is 10.9 Å². The van der Waals surface area contributed by atoms with Crippen molar-refractivity contribution >= 4 is 22.3 Å². The van der Waals surface area contributed by atoms with Gasteiger partial charge in [-0.3, -0.25) is 4.90 Å². The molecule has 100 valence electrons. The monoisotopic (exact) mass is 270 g/mol. The van der Waals surface area contributed by atoms with Gasteiger partial charge in [-0.05, 0) is 13.8 Å². The van der Waals surface area contributed by atoms with Crippen molar-refractivity contribution in [2.75, 3.05) is 31.1 Å². The van der Waals surface area contributed by atoms with Crippen LogP contribution in [0.5, 0.6) is 0 Å². The molecule has 0 radical (unpaired) electrons. The molecular formula is C10H18N6OS. The van der Waals surface area contributed by atoms with E-state index in [1.807, 2.05) is 13.8 Å². The molecule has 0 amide bonds. The van der Waals surface area contributed by atoms with E-state index in [0.29, 0.717) is 0 Å². The maximum absolute atomic E-state index is 8.81. The van der Waals surface area contributed by atoms with E-state index in [0.717, 1.165) is 31.3 Å². The summed E-state index contributed by atoms with van der Waals surface area (Å²) in [7, 11) is 0. The van der Waals surface area contributed by atoms with Crippen LogP contribution in [0.4, 0.5) is 5.13 Å². The fourth-order valence-corrected chi connectivity index (χ4v) is 2.66. The zero-order valence-electron chi connectivity index (χ0n) is 10.6. The zero-order chi connectivity index (χ0) is 13.2. The van der Waals surface area contributed by atoms with Crippen LogP contribution in [0, 0.1) is 0 Å². The quantitative estimate of drug-likeness (QED) is 0.352. The third kappa shape index (κ3) is 2.39. The minimum Gasteiger partial charge on any atom is -0.409 e. The fourth-order valence-electron chi connectivity index (χ4n) is 2.05. The predicted molar refractivity (Wildman–Crippen MR) is 71.2 cm³/mol. The summed E-state index contributed by atoms with van der Waals surface area (Å²) in [6.45, 7) is 7.37. The van der Waals surface area contributed by atoms with Crippen molar-refractivity contribution < 1.29 is 5.21 Å². The number of nitrogens with two attached hydrogens (primary N) is 1. The predicted octanol–water partition coefficient (Wildman–Crippen LogP) is 0.185. The Morgan fingerprint density at radius 1 is 1.44 bits per heavy atom. The summed E-state index contributed by atoms with van der Waals surface area (Å²) in [6.07, 6.45) is 0. The van der Waals surface area contributed by atoms with Crippen LogP contribution in [0.1, 0.15) is 13.8 Å². The number of amidine groups is 1. The number of hydrogen-bond acceptors (Lipinski definition) is 7. The number of anilines is 1. The molecule has 2 heterocycles. The summed E-state index contributed by atoms with van der Waals surface area (Å²) in [4.78, 5) is 4.41. The molecule has 1 aliphatic rings. The van der Waals surface area contributed by atoms with E-state index in [9.17, 15) is 0 Å². The molecule has 3 N–H and O–H groups in total. The molecule has 2 rings (SSSR count). The molecule has 18 heavy (non-hydrogen) atoms. The highest BCUT2D eigenvalue weighted by molar-refractivity contribution is 7.13. The normalized spacial score (nSPS) is 19.2. The maximum atomic E-state index is 8.81. The first kappa shape index (κ1) is 13.0. The molecule has 0 spiro atoms. The molecule has 8 heteroatoms. The van der Waals surface area contributed by atoms with Gasteiger partial charge in [0.25, 0.3) is 0 Å². The van der Waals surface area contributed by atoms with Crippen molar-refractivity contribution in [3.63, 3.8) is 0 Å². The Kier molecular flexibility index (Phi) is 3.67. The number of hydrogen-bond donors (Lipinski definition) is 2. The fraction of sp³-hybridized carbons (Fsp3) is 0.700. The number of rotatable bonds is 3. The lowest BCUT2D eigenvalue weighted by atomic mass is 10.0.